The molecule has 1 atom stereocenters. The third-order valence-electron chi connectivity index (χ3n) is 3.99. The highest BCUT2D eigenvalue weighted by atomic mass is 16.4. The van der Waals surface area contributed by atoms with Crippen LogP contribution in [0.5, 0.6) is 0 Å². The number of carbonyl (C=O) groups is 3. The highest BCUT2D eigenvalue weighted by Crippen LogP contribution is 2.16. The molecule has 0 bridgehead atoms. The molecule has 0 saturated carbocycles. The number of aliphatic carboxylic acids is 1. The number of carboxylic acid groups (broad SMARTS) is 1. The van der Waals surface area contributed by atoms with Crippen molar-refractivity contribution >= 4 is 17.9 Å². The number of carbonyl (C=O) groups excluding carboxylic acids is 2. The first-order chi connectivity index (χ1) is 11.5. The predicted molar refractivity (Wildman–Crippen MR) is 88.6 cm³/mol. The van der Waals surface area contributed by atoms with Crippen LogP contribution >= 0.6 is 0 Å². The highest BCUT2D eigenvalue weighted by Gasteiger charge is 2.30. The van der Waals surface area contributed by atoms with Gasteiger partial charge in [-0.3, -0.25) is 9.59 Å². The molecule has 1 aromatic rings. The van der Waals surface area contributed by atoms with Crippen LogP contribution in [0.1, 0.15) is 35.7 Å². The summed E-state index contributed by atoms with van der Waals surface area (Å²) in [5.41, 5.74) is 1.38. The van der Waals surface area contributed by atoms with Crippen molar-refractivity contribution in [3.8, 4) is 0 Å². The van der Waals surface area contributed by atoms with E-state index in [1.54, 1.807) is 18.2 Å². The topological polar surface area (TPSA) is 98.7 Å². The Morgan fingerprint density at radius 3 is 2.75 bits per heavy atom. The quantitative estimate of drug-likeness (QED) is 0.733. The lowest BCUT2D eigenvalue weighted by Gasteiger charge is -2.17. The van der Waals surface area contributed by atoms with Crippen molar-refractivity contribution in [1.29, 1.82) is 0 Å². The van der Waals surface area contributed by atoms with E-state index in [4.69, 9.17) is 5.11 Å². The molecule has 1 heterocycles. The molecule has 0 spiro atoms. The lowest BCUT2D eigenvalue weighted by Crippen LogP contribution is -2.38. The molecular formula is C17H23N3O4. The Hall–Kier alpha value is -2.57. The molecule has 0 radical (unpaired) electrons. The number of hydrogen-bond donors (Lipinski definition) is 3. The lowest BCUT2D eigenvalue weighted by atomic mass is 10.1. The smallest absolute Gasteiger partial charge is 0.317 e. The molecule has 1 unspecified atom stereocenters. The Labute approximate surface area is 141 Å². The molecule has 3 amide bonds. The maximum absolute atomic E-state index is 12.1. The van der Waals surface area contributed by atoms with Gasteiger partial charge in [-0.2, -0.15) is 0 Å². The van der Waals surface area contributed by atoms with Gasteiger partial charge >= 0.3 is 12.0 Å². The van der Waals surface area contributed by atoms with Crippen molar-refractivity contribution < 1.29 is 19.5 Å². The summed E-state index contributed by atoms with van der Waals surface area (Å²) < 4.78 is 0. The number of amides is 3. The maximum Gasteiger partial charge on any atom is 0.317 e. The molecule has 2 rings (SSSR count). The zero-order valence-corrected chi connectivity index (χ0v) is 13.7. The molecule has 7 heteroatoms. The SMILES string of the molecule is CCCNC(=O)c1cccc(CNC(=O)N2CCC(C(=O)O)C2)c1. The van der Waals surface area contributed by atoms with Crippen molar-refractivity contribution in [2.24, 2.45) is 5.92 Å². The van der Waals surface area contributed by atoms with Crippen LogP contribution < -0.4 is 10.6 Å². The number of rotatable bonds is 6. The summed E-state index contributed by atoms with van der Waals surface area (Å²) in [6, 6.07) is 6.81. The molecule has 130 valence electrons. The fourth-order valence-electron chi connectivity index (χ4n) is 2.60. The fraction of sp³-hybridized carbons (Fsp3) is 0.471. The van der Waals surface area contributed by atoms with Crippen molar-refractivity contribution in [2.45, 2.75) is 26.3 Å². The summed E-state index contributed by atoms with van der Waals surface area (Å²) in [5.74, 6) is -1.48. The second-order valence-electron chi connectivity index (χ2n) is 5.88. The summed E-state index contributed by atoms with van der Waals surface area (Å²) >= 11 is 0. The van der Waals surface area contributed by atoms with E-state index in [-0.39, 0.29) is 18.5 Å². The molecule has 1 aliphatic rings. The van der Waals surface area contributed by atoms with Gasteiger partial charge in [-0.1, -0.05) is 19.1 Å². The van der Waals surface area contributed by atoms with Crippen molar-refractivity contribution in [3.05, 3.63) is 35.4 Å². The molecule has 1 saturated heterocycles. The summed E-state index contributed by atoms with van der Waals surface area (Å²) in [6.45, 7) is 3.59. The van der Waals surface area contributed by atoms with Crippen LogP contribution in [0.3, 0.4) is 0 Å². The molecular weight excluding hydrogens is 310 g/mol. The van der Waals surface area contributed by atoms with E-state index in [0.29, 0.717) is 31.6 Å². The van der Waals surface area contributed by atoms with E-state index in [9.17, 15) is 14.4 Å². The highest BCUT2D eigenvalue weighted by molar-refractivity contribution is 5.94. The minimum absolute atomic E-state index is 0.131. The van der Waals surface area contributed by atoms with Crippen molar-refractivity contribution in [1.82, 2.24) is 15.5 Å². The van der Waals surface area contributed by atoms with Crippen LogP contribution in [-0.4, -0.2) is 47.5 Å². The van der Waals surface area contributed by atoms with E-state index in [1.165, 1.54) is 4.90 Å². The third-order valence-corrected chi connectivity index (χ3v) is 3.99. The van der Waals surface area contributed by atoms with Crippen LogP contribution in [-0.2, 0) is 11.3 Å². The number of nitrogens with one attached hydrogen (secondary N) is 2. The Kier molecular flexibility index (Phi) is 6.17. The fourth-order valence-corrected chi connectivity index (χ4v) is 2.60. The lowest BCUT2D eigenvalue weighted by molar-refractivity contribution is -0.141. The zero-order chi connectivity index (χ0) is 17.5. The number of urea groups is 1. The second kappa shape index (κ2) is 8.33. The molecule has 3 N–H and O–H groups in total. The summed E-state index contributed by atoms with van der Waals surface area (Å²) in [5, 5.41) is 14.6. The summed E-state index contributed by atoms with van der Waals surface area (Å²) in [7, 11) is 0. The van der Waals surface area contributed by atoms with Gasteiger partial charge in [0.2, 0.25) is 0 Å². The Morgan fingerprint density at radius 1 is 1.29 bits per heavy atom. The minimum atomic E-state index is -0.865. The molecule has 7 nitrogen and oxygen atoms in total. The van der Waals surface area contributed by atoms with Crippen molar-refractivity contribution in [2.75, 3.05) is 19.6 Å². The molecule has 24 heavy (non-hydrogen) atoms. The van der Waals surface area contributed by atoms with Gasteiger partial charge in [0.05, 0.1) is 5.92 Å². The number of likely N-dealkylation sites (tertiary alicyclic amines) is 1. The van der Waals surface area contributed by atoms with Gasteiger partial charge in [0, 0.05) is 31.7 Å². The van der Waals surface area contributed by atoms with Crippen molar-refractivity contribution in [3.63, 3.8) is 0 Å². The van der Waals surface area contributed by atoms with Gasteiger partial charge in [-0.25, -0.2) is 4.79 Å². The molecule has 0 aromatic heterocycles. The van der Waals surface area contributed by atoms with E-state index in [2.05, 4.69) is 10.6 Å². The first-order valence-corrected chi connectivity index (χ1v) is 8.14. The minimum Gasteiger partial charge on any atom is -0.481 e. The van der Waals surface area contributed by atoms with Crippen LogP contribution in [0.4, 0.5) is 4.79 Å². The average molecular weight is 333 g/mol. The molecule has 1 aliphatic heterocycles. The molecule has 0 aliphatic carbocycles. The number of benzene rings is 1. The molecule has 1 aromatic carbocycles. The maximum atomic E-state index is 12.1. The van der Waals surface area contributed by atoms with Gasteiger partial charge in [0.1, 0.15) is 0 Å². The molecule has 1 fully saturated rings. The number of hydrogen-bond acceptors (Lipinski definition) is 3. The standard InChI is InChI=1S/C17H23N3O4/c1-2-7-18-15(21)13-5-3-4-12(9-13)10-19-17(24)20-8-6-14(11-20)16(22)23/h3-5,9,14H,2,6-8,10-11H2,1H3,(H,18,21)(H,19,24)(H,22,23). The van der Waals surface area contributed by atoms with Crippen LogP contribution in [0.25, 0.3) is 0 Å². The average Bonchev–Trinajstić information content (AvgIpc) is 3.08. The van der Waals surface area contributed by atoms with Crippen LogP contribution in [0, 0.1) is 5.92 Å². The van der Waals surface area contributed by atoms with Gasteiger partial charge in [0.15, 0.2) is 0 Å². The first-order valence-electron chi connectivity index (χ1n) is 8.14. The van der Waals surface area contributed by atoms with Gasteiger partial charge in [-0.15, -0.1) is 0 Å². The first kappa shape index (κ1) is 17.8. The Morgan fingerprint density at radius 2 is 2.08 bits per heavy atom. The summed E-state index contributed by atoms with van der Waals surface area (Å²) in [4.78, 5) is 36.5. The van der Waals surface area contributed by atoms with Gasteiger partial charge in [-0.05, 0) is 30.5 Å². The second-order valence-corrected chi connectivity index (χ2v) is 5.88. The van der Waals surface area contributed by atoms with E-state index >= 15 is 0 Å². The van der Waals surface area contributed by atoms with E-state index in [1.807, 2.05) is 13.0 Å². The largest absolute Gasteiger partial charge is 0.481 e. The Bertz CT molecular complexity index is 618. The van der Waals surface area contributed by atoms with E-state index in [0.717, 1.165) is 12.0 Å². The van der Waals surface area contributed by atoms with Gasteiger partial charge in [0.25, 0.3) is 5.91 Å². The van der Waals surface area contributed by atoms with Gasteiger partial charge < -0.3 is 20.6 Å². The number of carboxylic acids is 1. The summed E-state index contributed by atoms with van der Waals surface area (Å²) in [6.07, 6.45) is 1.35. The Balaban J connectivity index is 1.87. The normalized spacial score (nSPS) is 16.7. The monoisotopic (exact) mass is 333 g/mol. The third kappa shape index (κ3) is 4.71. The number of nitrogens with zero attached hydrogens (tertiary/aromatic N) is 1. The zero-order valence-electron chi connectivity index (χ0n) is 13.7. The van der Waals surface area contributed by atoms with Crippen LogP contribution in [0.15, 0.2) is 24.3 Å². The van der Waals surface area contributed by atoms with E-state index < -0.39 is 11.9 Å². The van der Waals surface area contributed by atoms with Crippen LogP contribution in [0.2, 0.25) is 0 Å². The predicted octanol–water partition coefficient (Wildman–Crippen LogP) is 1.44.